The molecule has 0 spiro atoms. The second-order valence-electron chi connectivity index (χ2n) is 2.98. The van der Waals surface area contributed by atoms with E-state index in [-0.39, 0.29) is 48.3 Å². The monoisotopic (exact) mass is 280 g/mol. The van der Waals surface area contributed by atoms with E-state index in [2.05, 4.69) is 0 Å². The molecule has 0 unspecified atom stereocenters. The fraction of sp³-hybridized carbons (Fsp3) is 0.500. The summed E-state index contributed by atoms with van der Waals surface area (Å²) in [7, 11) is 3.29. The molecule has 4 nitrogen and oxygen atoms in total. The summed E-state index contributed by atoms with van der Waals surface area (Å²) in [6.45, 7) is 2.47. The Balaban J connectivity index is -0.000000123. The van der Waals surface area contributed by atoms with Crippen LogP contribution in [0.3, 0.4) is 0 Å². The largest absolute Gasteiger partial charge is 1.00 e. The molecule has 0 aliphatic heterocycles. The van der Waals surface area contributed by atoms with Gasteiger partial charge in [-0.15, -0.1) is 0 Å². The first-order valence-corrected chi connectivity index (χ1v) is 6.39. The van der Waals surface area contributed by atoms with Crippen LogP contribution in [0.2, 0.25) is 0 Å². The molecule has 0 aromatic heterocycles. The van der Waals surface area contributed by atoms with E-state index in [0.717, 1.165) is 0 Å². The Morgan fingerprint density at radius 3 is 1.33 bits per heavy atom. The zero-order valence-electron chi connectivity index (χ0n) is 13.5. The predicted octanol–water partition coefficient (Wildman–Crippen LogP) is -1.24. The minimum Gasteiger partial charge on any atom is -1.00 e. The molecule has 1 aromatic rings. The van der Waals surface area contributed by atoms with Crippen molar-refractivity contribution in [3.8, 4) is 0 Å². The van der Waals surface area contributed by atoms with Crippen LogP contribution >= 0.6 is 0 Å². The van der Waals surface area contributed by atoms with Crippen LogP contribution in [0.25, 0.3) is 0 Å². The van der Waals surface area contributed by atoms with Gasteiger partial charge in [0.05, 0.1) is 0 Å². The van der Waals surface area contributed by atoms with Gasteiger partial charge in [0.1, 0.15) is 0 Å². The van der Waals surface area contributed by atoms with E-state index < -0.39 is 0 Å². The summed E-state index contributed by atoms with van der Waals surface area (Å²) in [6.07, 6.45) is 0. The van der Waals surface area contributed by atoms with Crippen molar-refractivity contribution in [2.75, 3.05) is 40.6 Å². The van der Waals surface area contributed by atoms with Crippen molar-refractivity contribution in [3.63, 3.8) is 0 Å². The van der Waals surface area contributed by atoms with Crippen LogP contribution in [-0.2, 0) is 17.1 Å². The molecule has 18 heavy (non-hydrogen) atoms. The molecular formula is C12H22AlNaO4. The van der Waals surface area contributed by atoms with Gasteiger partial charge in [0.15, 0.2) is 0 Å². The Labute approximate surface area is 142 Å². The number of methoxy groups -OCH3 is 2. The molecule has 1 aromatic carbocycles. The van der Waals surface area contributed by atoms with E-state index in [1.807, 2.05) is 36.4 Å². The fourth-order valence-corrected chi connectivity index (χ4v) is 1.27. The molecule has 98 valence electrons. The van der Waals surface area contributed by atoms with Crippen LogP contribution in [0, 0.1) is 0 Å². The van der Waals surface area contributed by atoms with E-state index in [1.54, 1.807) is 14.2 Å². The molecule has 0 amide bonds. The maximum absolute atomic E-state index is 5.10. The van der Waals surface area contributed by atoms with E-state index in [4.69, 9.17) is 17.1 Å². The first-order valence-electron chi connectivity index (χ1n) is 5.44. The Kier molecular flexibility index (Phi) is 23.1. The van der Waals surface area contributed by atoms with Gasteiger partial charge in [-0.2, -0.15) is 0 Å². The number of ether oxygens (including phenoxy) is 2. The molecule has 6 heteroatoms. The van der Waals surface area contributed by atoms with Crippen molar-refractivity contribution >= 4 is 15.9 Å². The van der Waals surface area contributed by atoms with Crippen LogP contribution in [0.15, 0.2) is 36.4 Å². The summed E-state index contributed by atoms with van der Waals surface area (Å²) < 4.78 is 19.8. The average Bonchev–Trinajstić information content (AvgIpc) is 2.41. The Bertz CT molecular complexity index is 201. The van der Waals surface area contributed by atoms with Crippen molar-refractivity contribution in [2.45, 2.75) is 0 Å². The molecule has 0 atom stereocenters. The van der Waals surface area contributed by atoms with E-state index in [9.17, 15) is 0 Å². The average molecular weight is 280 g/mol. The summed E-state index contributed by atoms with van der Waals surface area (Å²) >= 11 is -0.349. The zero-order chi connectivity index (χ0) is 12.6. The number of benzene rings is 1. The summed E-state index contributed by atoms with van der Waals surface area (Å²) in [5.74, 6) is 0. The Morgan fingerprint density at radius 1 is 0.722 bits per heavy atom. The van der Waals surface area contributed by atoms with Crippen molar-refractivity contribution in [2.24, 2.45) is 0 Å². The molecule has 0 bridgehead atoms. The smallest absolute Gasteiger partial charge is 1.00 e. The van der Waals surface area contributed by atoms with Crippen LogP contribution in [0.5, 0.6) is 0 Å². The van der Waals surface area contributed by atoms with Crippen LogP contribution in [-0.4, -0.2) is 56.5 Å². The Hall–Kier alpha value is 0.592. The maximum atomic E-state index is 5.10. The molecule has 0 aliphatic rings. The summed E-state index contributed by atoms with van der Waals surface area (Å²) in [5.41, 5.74) is 0. The van der Waals surface area contributed by atoms with E-state index in [0.29, 0.717) is 26.4 Å². The maximum Gasteiger partial charge on any atom is 1.00 e. The molecular weight excluding hydrogens is 258 g/mol. The molecule has 0 fully saturated rings. The van der Waals surface area contributed by atoms with Crippen molar-refractivity contribution in [1.29, 1.82) is 0 Å². The number of hydrogen-bond donors (Lipinski definition) is 0. The van der Waals surface area contributed by atoms with Gasteiger partial charge < -0.3 is 2.85 Å². The van der Waals surface area contributed by atoms with Gasteiger partial charge in [0.25, 0.3) is 0 Å². The van der Waals surface area contributed by atoms with Gasteiger partial charge in [0, 0.05) is 0 Å². The van der Waals surface area contributed by atoms with Gasteiger partial charge in [-0.1, -0.05) is 36.4 Å². The third-order valence-electron chi connectivity index (χ3n) is 1.61. The quantitative estimate of drug-likeness (QED) is 0.441. The van der Waals surface area contributed by atoms with Crippen LogP contribution < -0.4 is 29.6 Å². The first kappa shape index (κ1) is 20.9. The van der Waals surface area contributed by atoms with Crippen LogP contribution in [0.4, 0.5) is 0 Å². The summed E-state index contributed by atoms with van der Waals surface area (Å²) in [6, 6.07) is 12.0. The molecule has 0 N–H and O–H groups in total. The predicted molar refractivity (Wildman–Crippen MR) is 70.1 cm³/mol. The number of rotatable bonds is 8. The third kappa shape index (κ3) is 18.9. The second kappa shape index (κ2) is 19.9. The van der Waals surface area contributed by atoms with Crippen LogP contribution in [0.1, 0.15) is 2.85 Å². The molecule has 0 saturated carbocycles. The van der Waals surface area contributed by atoms with Gasteiger partial charge in [-0.3, -0.25) is 0 Å². The first-order chi connectivity index (χ1) is 8.41. The van der Waals surface area contributed by atoms with Crippen molar-refractivity contribution < 1.29 is 49.5 Å². The molecule has 0 radical (unpaired) electrons. The number of hydrogen-bond acceptors (Lipinski definition) is 4. The molecule has 0 saturated heterocycles. The zero-order valence-corrected chi connectivity index (χ0v) is 14.7. The van der Waals surface area contributed by atoms with Gasteiger partial charge in [-0.05, 0) is 0 Å². The van der Waals surface area contributed by atoms with Gasteiger partial charge in [-0.25, -0.2) is 0 Å². The van der Waals surface area contributed by atoms with E-state index in [1.165, 1.54) is 0 Å². The topological polar surface area (TPSA) is 36.9 Å². The standard InChI is InChI=1S/C6H6.2C3H7O2.Al.Na.2H/c1-2-4-6-5-3-1;2*1-5-3-2-4;;;;/h1-6H;2*2-3H2,1H3;;;;/q;2*-1;+3;+1;2*-1. The molecule has 1 rings (SSSR count). The Morgan fingerprint density at radius 2 is 1.06 bits per heavy atom. The molecule has 0 heterocycles. The van der Waals surface area contributed by atoms with Gasteiger partial charge >= 0.3 is 103 Å². The van der Waals surface area contributed by atoms with Gasteiger partial charge in [0.2, 0.25) is 0 Å². The summed E-state index contributed by atoms with van der Waals surface area (Å²) in [5, 5.41) is 0. The van der Waals surface area contributed by atoms with Crippen molar-refractivity contribution in [1.82, 2.24) is 0 Å². The fourth-order valence-electron chi connectivity index (χ4n) is 0.792. The third-order valence-corrected chi connectivity index (χ3v) is 2.36. The molecule has 0 aliphatic carbocycles. The second-order valence-corrected chi connectivity index (χ2v) is 3.84. The SMILES string of the molecule is COCC[O][Al+][O]CCOC.[H-].[H-].[Na+].c1ccccc1. The van der Waals surface area contributed by atoms with E-state index >= 15 is 0 Å². The summed E-state index contributed by atoms with van der Waals surface area (Å²) in [4.78, 5) is 0. The minimum absolute atomic E-state index is 0. The normalized spacial score (nSPS) is 8.56. The minimum atomic E-state index is -0.349. The van der Waals surface area contributed by atoms with Crippen molar-refractivity contribution in [3.05, 3.63) is 36.4 Å².